The summed E-state index contributed by atoms with van der Waals surface area (Å²) >= 11 is 0. The lowest BCUT2D eigenvalue weighted by molar-refractivity contribution is -0.284. The number of phenols is 1. The summed E-state index contributed by atoms with van der Waals surface area (Å²) in [6.07, 6.45) is 1.12. The number of nitrogens with zero attached hydrogens (tertiary/aromatic N) is 1. The molecule has 0 radical (unpaired) electrons. The van der Waals surface area contributed by atoms with Gasteiger partial charge in [0.05, 0.1) is 0 Å². The molecule has 0 amide bonds. The standard InChI is InChI=1S/C34H44F7NO2S/c1-42(22-7-9-24-45(44)23-8-5-20-33(37,38)34(39,40)41)21-6-3-2-4-11-28-27(25-14-16-26(35)17-15-25)12-10-13-30-29(28)18-19-31(43)32(30)36/h14-19,43H,2-13,20-24H2,1H3. The van der Waals surface area contributed by atoms with Gasteiger partial charge in [-0.25, -0.2) is 8.78 Å². The first-order valence-corrected chi connectivity index (χ1v) is 17.3. The van der Waals surface area contributed by atoms with Crippen LogP contribution in [0.2, 0.25) is 0 Å². The van der Waals surface area contributed by atoms with Crippen molar-refractivity contribution in [2.45, 2.75) is 95.6 Å². The lowest BCUT2D eigenvalue weighted by Crippen LogP contribution is -2.36. The van der Waals surface area contributed by atoms with Gasteiger partial charge in [0.2, 0.25) is 0 Å². The van der Waals surface area contributed by atoms with Crippen LogP contribution in [0, 0.1) is 11.6 Å². The molecule has 2 aromatic rings. The average Bonchev–Trinajstić information content (AvgIpc) is 3.17. The molecule has 0 aromatic heterocycles. The van der Waals surface area contributed by atoms with E-state index in [1.54, 1.807) is 18.2 Å². The van der Waals surface area contributed by atoms with E-state index in [0.717, 1.165) is 86.7 Å². The maximum Gasteiger partial charge on any atom is 0.453 e. The Morgan fingerprint density at radius 2 is 1.42 bits per heavy atom. The van der Waals surface area contributed by atoms with Crippen molar-refractivity contribution in [3.8, 4) is 5.75 Å². The van der Waals surface area contributed by atoms with Crippen molar-refractivity contribution in [3.05, 3.63) is 64.7 Å². The summed E-state index contributed by atoms with van der Waals surface area (Å²) in [7, 11) is 0.790. The highest BCUT2D eigenvalue weighted by molar-refractivity contribution is 7.84. The number of hydrogen-bond acceptors (Lipinski definition) is 3. The summed E-state index contributed by atoms with van der Waals surface area (Å²) in [6, 6.07) is 9.62. The van der Waals surface area contributed by atoms with E-state index < -0.39 is 35.1 Å². The van der Waals surface area contributed by atoms with Crippen LogP contribution in [0.1, 0.15) is 93.7 Å². The van der Waals surface area contributed by atoms with Crippen LogP contribution in [0.5, 0.6) is 5.75 Å². The van der Waals surface area contributed by atoms with E-state index in [1.807, 2.05) is 7.05 Å². The Morgan fingerprint density at radius 3 is 2.09 bits per heavy atom. The molecule has 252 valence electrons. The maximum atomic E-state index is 14.9. The van der Waals surface area contributed by atoms with Crippen molar-refractivity contribution >= 4 is 21.9 Å². The molecule has 1 aliphatic carbocycles. The second-order valence-electron chi connectivity index (χ2n) is 11.9. The Labute approximate surface area is 264 Å². The quantitative estimate of drug-likeness (QED) is 0.128. The number of allylic oxidation sites excluding steroid dienone is 2. The third-order valence-corrected chi connectivity index (χ3v) is 9.85. The van der Waals surface area contributed by atoms with Gasteiger partial charge in [0.25, 0.3) is 0 Å². The summed E-state index contributed by atoms with van der Waals surface area (Å²) in [5.41, 5.74) is 4.46. The van der Waals surface area contributed by atoms with Crippen LogP contribution in [0.3, 0.4) is 0 Å². The summed E-state index contributed by atoms with van der Waals surface area (Å²) in [6.45, 7) is 1.71. The maximum absolute atomic E-state index is 14.9. The predicted molar refractivity (Wildman–Crippen MR) is 167 cm³/mol. The third kappa shape index (κ3) is 11.4. The molecule has 0 saturated carbocycles. The minimum Gasteiger partial charge on any atom is -0.505 e. The lowest BCUT2D eigenvalue weighted by Gasteiger charge is -2.19. The van der Waals surface area contributed by atoms with Crippen LogP contribution in [0.4, 0.5) is 30.7 Å². The van der Waals surface area contributed by atoms with E-state index in [1.165, 1.54) is 18.2 Å². The summed E-state index contributed by atoms with van der Waals surface area (Å²) in [5.74, 6) is -5.37. The van der Waals surface area contributed by atoms with E-state index in [-0.39, 0.29) is 30.2 Å². The van der Waals surface area contributed by atoms with E-state index >= 15 is 0 Å². The molecule has 0 heterocycles. The van der Waals surface area contributed by atoms with Crippen molar-refractivity contribution in [2.24, 2.45) is 0 Å². The first kappa shape index (κ1) is 37.1. The second kappa shape index (κ2) is 17.5. The Morgan fingerprint density at radius 1 is 0.800 bits per heavy atom. The number of halogens is 7. The number of unbranched alkanes of at least 4 members (excludes halogenated alkanes) is 5. The molecular formula is C34H44F7NO2S. The number of benzene rings is 2. The van der Waals surface area contributed by atoms with Crippen molar-refractivity contribution in [2.75, 3.05) is 31.6 Å². The number of alkyl halides is 5. The molecule has 0 bridgehead atoms. The molecule has 3 nitrogen and oxygen atoms in total. The Hall–Kier alpha value is -2.40. The molecule has 0 spiro atoms. The molecule has 0 saturated heterocycles. The van der Waals surface area contributed by atoms with Gasteiger partial charge in [-0.1, -0.05) is 31.0 Å². The zero-order chi connectivity index (χ0) is 33.0. The van der Waals surface area contributed by atoms with E-state index in [9.17, 15) is 40.0 Å². The van der Waals surface area contributed by atoms with Crippen LogP contribution >= 0.6 is 0 Å². The minimum atomic E-state index is -5.54. The topological polar surface area (TPSA) is 40.5 Å². The van der Waals surface area contributed by atoms with Gasteiger partial charge in [-0.15, -0.1) is 0 Å². The van der Waals surface area contributed by atoms with Crippen molar-refractivity contribution in [1.29, 1.82) is 0 Å². The van der Waals surface area contributed by atoms with Crippen molar-refractivity contribution in [3.63, 3.8) is 0 Å². The van der Waals surface area contributed by atoms with Gasteiger partial charge in [0, 0.05) is 28.7 Å². The number of fused-ring (bicyclic) bond motifs is 1. The highest BCUT2D eigenvalue weighted by atomic mass is 32.2. The Kier molecular flexibility index (Phi) is 14.4. The fraction of sp³-hybridized carbons (Fsp3) is 0.588. The summed E-state index contributed by atoms with van der Waals surface area (Å²) < 4.78 is 103. The number of hydrogen-bond donors (Lipinski definition) is 1. The van der Waals surface area contributed by atoms with Crippen LogP contribution in [0.25, 0.3) is 11.1 Å². The van der Waals surface area contributed by atoms with Gasteiger partial charge in [0.1, 0.15) is 5.82 Å². The monoisotopic (exact) mass is 663 g/mol. The van der Waals surface area contributed by atoms with Crippen molar-refractivity contribution < 1.29 is 40.0 Å². The van der Waals surface area contributed by atoms with Crippen LogP contribution < -0.4 is 0 Å². The lowest BCUT2D eigenvalue weighted by atomic mass is 9.89. The smallest absolute Gasteiger partial charge is 0.453 e. The molecular weight excluding hydrogens is 619 g/mol. The summed E-state index contributed by atoms with van der Waals surface area (Å²) in [5, 5.41) is 9.96. The average molecular weight is 664 g/mol. The molecule has 2 aromatic carbocycles. The van der Waals surface area contributed by atoms with Crippen LogP contribution in [0.15, 0.2) is 36.4 Å². The van der Waals surface area contributed by atoms with Gasteiger partial charge < -0.3 is 10.0 Å². The Balaban J connectivity index is 1.37. The molecule has 1 unspecified atom stereocenters. The molecule has 1 aliphatic rings. The van der Waals surface area contributed by atoms with Crippen molar-refractivity contribution in [1.82, 2.24) is 4.90 Å². The zero-order valence-electron chi connectivity index (χ0n) is 25.8. The largest absolute Gasteiger partial charge is 0.505 e. The molecule has 0 fully saturated rings. The highest BCUT2D eigenvalue weighted by Crippen LogP contribution is 2.41. The predicted octanol–water partition coefficient (Wildman–Crippen LogP) is 9.70. The molecule has 11 heteroatoms. The van der Waals surface area contributed by atoms with Gasteiger partial charge >= 0.3 is 12.1 Å². The molecule has 0 aliphatic heterocycles. The van der Waals surface area contributed by atoms with E-state index in [2.05, 4.69) is 4.90 Å². The minimum absolute atomic E-state index is 0.0794. The first-order valence-electron chi connectivity index (χ1n) is 15.8. The molecule has 1 N–H and O–H groups in total. The second-order valence-corrected chi connectivity index (χ2v) is 13.6. The number of rotatable bonds is 18. The Bertz CT molecular complexity index is 1280. The molecule has 1 atom stereocenters. The van der Waals surface area contributed by atoms with E-state index in [0.29, 0.717) is 24.2 Å². The zero-order valence-corrected chi connectivity index (χ0v) is 26.7. The van der Waals surface area contributed by atoms with E-state index in [4.69, 9.17) is 0 Å². The molecule has 3 rings (SSSR count). The van der Waals surface area contributed by atoms with Crippen LogP contribution in [-0.4, -0.2) is 58.0 Å². The first-order chi connectivity index (χ1) is 21.3. The van der Waals surface area contributed by atoms with Gasteiger partial charge in [-0.05, 0) is 130 Å². The normalized spacial score (nSPS) is 15.0. The van der Waals surface area contributed by atoms with Crippen LogP contribution in [-0.2, 0) is 17.2 Å². The highest BCUT2D eigenvalue weighted by Gasteiger charge is 2.56. The third-order valence-electron chi connectivity index (χ3n) is 8.36. The SMILES string of the molecule is CN(CCCCCCC1=C(c2ccc(F)cc2)CCCc2c1ccc(O)c2F)CCCCS(=O)CCCCC(F)(F)C(F)(F)F. The van der Waals surface area contributed by atoms with Gasteiger partial charge in [-0.2, -0.15) is 22.0 Å². The van der Waals surface area contributed by atoms with Gasteiger partial charge in [0.15, 0.2) is 11.6 Å². The van der Waals surface area contributed by atoms with Gasteiger partial charge in [-0.3, -0.25) is 4.21 Å². The molecule has 45 heavy (non-hydrogen) atoms. The fourth-order valence-corrected chi connectivity index (χ4v) is 7.05. The number of aromatic hydroxyl groups is 1. The fourth-order valence-electron chi connectivity index (χ4n) is 5.79. The number of phenolic OH excluding ortho intramolecular Hbond substituents is 1. The summed E-state index contributed by atoms with van der Waals surface area (Å²) in [4.78, 5) is 2.20.